The Bertz CT molecular complexity index is 886. The van der Waals surface area contributed by atoms with Crippen molar-refractivity contribution in [3.05, 3.63) is 66.5 Å². The second kappa shape index (κ2) is 6.73. The van der Waals surface area contributed by atoms with Gasteiger partial charge in [-0.15, -0.1) is 0 Å². The Morgan fingerprint density at radius 3 is 2.62 bits per heavy atom. The highest BCUT2D eigenvalue weighted by Crippen LogP contribution is 2.43. The molecule has 2 aromatic carbocycles. The van der Waals surface area contributed by atoms with E-state index in [1.54, 1.807) is 0 Å². The topological polar surface area (TPSA) is 43.8 Å². The molecule has 133 valence electrons. The minimum absolute atomic E-state index is 0.159. The SMILES string of the molecule is CC(C)Cn1cc(-c2[c]cc(-c3ccccc3C3(N)CCC3)cc2)cn1. The van der Waals surface area contributed by atoms with Gasteiger partial charge in [0.1, 0.15) is 0 Å². The highest BCUT2D eigenvalue weighted by molar-refractivity contribution is 5.72. The van der Waals surface area contributed by atoms with Crippen LogP contribution in [0.25, 0.3) is 22.3 Å². The number of nitrogens with zero attached hydrogens (tertiary/aromatic N) is 2. The van der Waals surface area contributed by atoms with Gasteiger partial charge in [-0.25, -0.2) is 0 Å². The molecule has 1 fully saturated rings. The van der Waals surface area contributed by atoms with E-state index in [0.717, 1.165) is 30.5 Å². The molecule has 0 unspecified atom stereocenters. The highest BCUT2D eigenvalue weighted by Gasteiger charge is 2.35. The summed E-state index contributed by atoms with van der Waals surface area (Å²) in [5.74, 6) is 0.584. The van der Waals surface area contributed by atoms with Gasteiger partial charge in [-0.3, -0.25) is 4.68 Å². The van der Waals surface area contributed by atoms with E-state index in [0.29, 0.717) is 5.92 Å². The Kier molecular flexibility index (Phi) is 4.41. The lowest BCUT2D eigenvalue weighted by molar-refractivity contribution is 0.254. The third-order valence-corrected chi connectivity index (χ3v) is 5.33. The van der Waals surface area contributed by atoms with Crippen LogP contribution in [-0.2, 0) is 12.1 Å². The van der Waals surface area contributed by atoms with E-state index >= 15 is 0 Å². The lowest BCUT2D eigenvalue weighted by Crippen LogP contribution is -2.43. The molecule has 1 aromatic heterocycles. The first kappa shape index (κ1) is 17.0. The van der Waals surface area contributed by atoms with Crippen LogP contribution in [0.15, 0.2) is 54.9 Å². The fraction of sp³-hybridized carbons (Fsp3) is 0.348. The van der Waals surface area contributed by atoms with Gasteiger partial charge in [0.25, 0.3) is 0 Å². The lowest BCUT2D eigenvalue weighted by atomic mass is 9.70. The highest BCUT2D eigenvalue weighted by atomic mass is 15.3. The number of rotatable bonds is 5. The average Bonchev–Trinajstić information content (AvgIpc) is 3.07. The van der Waals surface area contributed by atoms with Gasteiger partial charge in [-0.2, -0.15) is 5.10 Å². The van der Waals surface area contributed by atoms with Crippen molar-refractivity contribution in [3.63, 3.8) is 0 Å². The Labute approximate surface area is 155 Å². The molecule has 3 nitrogen and oxygen atoms in total. The van der Waals surface area contributed by atoms with E-state index in [9.17, 15) is 0 Å². The number of nitrogens with two attached hydrogens (primary N) is 1. The molecule has 0 bridgehead atoms. The lowest BCUT2D eigenvalue weighted by Gasteiger charge is -2.40. The summed E-state index contributed by atoms with van der Waals surface area (Å²) in [7, 11) is 0. The molecule has 0 atom stereocenters. The Hall–Kier alpha value is -2.39. The summed E-state index contributed by atoms with van der Waals surface area (Å²) in [6.45, 7) is 5.34. The number of benzene rings is 2. The molecule has 1 saturated carbocycles. The average molecular weight is 344 g/mol. The molecule has 1 heterocycles. The maximum absolute atomic E-state index is 6.60. The molecule has 26 heavy (non-hydrogen) atoms. The maximum atomic E-state index is 6.60. The summed E-state index contributed by atoms with van der Waals surface area (Å²) in [6, 6.07) is 18.4. The fourth-order valence-corrected chi connectivity index (χ4v) is 3.74. The number of hydrogen-bond acceptors (Lipinski definition) is 2. The zero-order chi connectivity index (χ0) is 18.1. The second-order valence-corrected chi connectivity index (χ2v) is 7.89. The minimum atomic E-state index is -0.159. The zero-order valence-corrected chi connectivity index (χ0v) is 15.6. The Balaban J connectivity index is 1.62. The van der Waals surface area contributed by atoms with Crippen LogP contribution in [-0.4, -0.2) is 9.78 Å². The first-order chi connectivity index (χ1) is 12.5. The van der Waals surface area contributed by atoms with E-state index in [2.05, 4.69) is 73.7 Å². The molecule has 0 aliphatic heterocycles. The van der Waals surface area contributed by atoms with Gasteiger partial charge in [0, 0.05) is 23.8 Å². The summed E-state index contributed by atoms with van der Waals surface area (Å²) >= 11 is 0. The van der Waals surface area contributed by atoms with Crippen LogP contribution in [0.5, 0.6) is 0 Å². The fourth-order valence-electron chi connectivity index (χ4n) is 3.74. The summed E-state index contributed by atoms with van der Waals surface area (Å²) in [4.78, 5) is 0. The van der Waals surface area contributed by atoms with Gasteiger partial charge in [-0.1, -0.05) is 50.2 Å². The molecule has 0 saturated heterocycles. The first-order valence-corrected chi connectivity index (χ1v) is 9.48. The van der Waals surface area contributed by atoms with E-state index < -0.39 is 0 Å². The van der Waals surface area contributed by atoms with Gasteiger partial charge in [0.15, 0.2) is 0 Å². The van der Waals surface area contributed by atoms with E-state index in [-0.39, 0.29) is 5.54 Å². The van der Waals surface area contributed by atoms with Crippen LogP contribution in [0.4, 0.5) is 0 Å². The molecule has 1 aliphatic rings. The van der Waals surface area contributed by atoms with Crippen molar-refractivity contribution < 1.29 is 0 Å². The number of aromatic nitrogens is 2. The van der Waals surface area contributed by atoms with Crippen LogP contribution >= 0.6 is 0 Å². The van der Waals surface area contributed by atoms with E-state index in [4.69, 9.17) is 5.73 Å². The minimum Gasteiger partial charge on any atom is -0.321 e. The quantitative estimate of drug-likeness (QED) is 0.707. The molecule has 1 radical (unpaired) electrons. The zero-order valence-electron chi connectivity index (χ0n) is 15.6. The molecule has 1 aliphatic carbocycles. The van der Waals surface area contributed by atoms with Crippen molar-refractivity contribution in [2.45, 2.75) is 45.2 Å². The molecule has 4 rings (SSSR count). The second-order valence-electron chi connectivity index (χ2n) is 7.89. The molecule has 3 aromatic rings. The van der Waals surface area contributed by atoms with Gasteiger partial charge < -0.3 is 5.73 Å². The summed E-state index contributed by atoms with van der Waals surface area (Å²) < 4.78 is 2.01. The van der Waals surface area contributed by atoms with Crippen molar-refractivity contribution in [2.75, 3.05) is 0 Å². The number of hydrogen-bond donors (Lipinski definition) is 1. The molecular weight excluding hydrogens is 318 g/mol. The van der Waals surface area contributed by atoms with Crippen LogP contribution < -0.4 is 5.73 Å². The van der Waals surface area contributed by atoms with Crippen LogP contribution in [0.3, 0.4) is 0 Å². The van der Waals surface area contributed by atoms with E-state index in [1.165, 1.54) is 23.1 Å². The van der Waals surface area contributed by atoms with Gasteiger partial charge in [0.2, 0.25) is 0 Å². The molecule has 0 spiro atoms. The molecule has 3 heteroatoms. The largest absolute Gasteiger partial charge is 0.321 e. The predicted octanol–water partition coefficient (Wildman–Crippen LogP) is 5.01. The van der Waals surface area contributed by atoms with E-state index in [1.807, 2.05) is 10.9 Å². The van der Waals surface area contributed by atoms with Crippen molar-refractivity contribution in [1.29, 1.82) is 0 Å². The first-order valence-electron chi connectivity index (χ1n) is 9.48. The molecule has 0 amide bonds. The molecule has 2 N–H and O–H groups in total. The van der Waals surface area contributed by atoms with Crippen LogP contribution in [0.2, 0.25) is 0 Å². The Morgan fingerprint density at radius 2 is 1.96 bits per heavy atom. The van der Waals surface area contributed by atoms with Gasteiger partial charge in [-0.05, 0) is 59.6 Å². The van der Waals surface area contributed by atoms with Crippen LogP contribution in [0, 0.1) is 12.0 Å². The standard InChI is InChI=1S/C23H26N3/c1-17(2)15-26-16-20(14-25-26)18-8-10-19(11-9-18)21-6-3-4-7-22(21)23(24)12-5-13-23/h3-4,6-8,10-11,14,16-17H,5,12-13,15,24H2,1-2H3. The normalized spacial score (nSPS) is 15.8. The third-order valence-electron chi connectivity index (χ3n) is 5.33. The third kappa shape index (κ3) is 3.19. The summed E-state index contributed by atoms with van der Waals surface area (Å²) in [5, 5.41) is 4.46. The van der Waals surface area contributed by atoms with Crippen molar-refractivity contribution in [1.82, 2.24) is 9.78 Å². The maximum Gasteiger partial charge on any atom is 0.0568 e. The monoisotopic (exact) mass is 344 g/mol. The van der Waals surface area contributed by atoms with Crippen molar-refractivity contribution in [3.8, 4) is 22.3 Å². The Morgan fingerprint density at radius 1 is 1.15 bits per heavy atom. The summed E-state index contributed by atoms with van der Waals surface area (Å²) in [5.41, 5.74) is 12.3. The summed E-state index contributed by atoms with van der Waals surface area (Å²) in [6.07, 6.45) is 7.38. The van der Waals surface area contributed by atoms with Gasteiger partial charge >= 0.3 is 0 Å². The smallest absolute Gasteiger partial charge is 0.0568 e. The predicted molar refractivity (Wildman–Crippen MR) is 106 cm³/mol. The van der Waals surface area contributed by atoms with Gasteiger partial charge in [0.05, 0.1) is 6.20 Å². The van der Waals surface area contributed by atoms with Crippen molar-refractivity contribution in [2.24, 2.45) is 11.7 Å². The van der Waals surface area contributed by atoms with Crippen molar-refractivity contribution >= 4 is 0 Å². The van der Waals surface area contributed by atoms with Crippen LogP contribution in [0.1, 0.15) is 38.7 Å². The molecular formula is C23H26N3.